The first-order valence-electron chi connectivity index (χ1n) is 5.57. The van der Waals surface area contributed by atoms with Crippen molar-refractivity contribution in [2.24, 2.45) is 23.2 Å². The maximum atomic E-state index is 11.0. The molecule has 1 nitrogen and oxygen atoms in total. The number of hydrogen-bond donors (Lipinski definition) is 0. The van der Waals surface area contributed by atoms with Crippen LogP contribution in [0.3, 0.4) is 0 Å². The molecule has 2 bridgehead atoms. The molecule has 0 saturated heterocycles. The van der Waals surface area contributed by atoms with Crippen LogP contribution < -0.4 is 0 Å². The molecule has 0 aromatic rings. The Bertz CT molecular complexity index is 191. The minimum atomic E-state index is 0.0216. The van der Waals surface area contributed by atoms with E-state index in [0.29, 0.717) is 0 Å². The van der Waals surface area contributed by atoms with Crippen molar-refractivity contribution in [3.8, 4) is 0 Å². The number of hydrogen-bond acceptors (Lipinski definition) is 1. The number of fused-ring (bicyclic) bond motifs is 2. The van der Waals surface area contributed by atoms with Gasteiger partial charge in [-0.25, -0.2) is 0 Å². The summed E-state index contributed by atoms with van der Waals surface area (Å²) in [4.78, 5) is 11.0. The summed E-state index contributed by atoms with van der Waals surface area (Å²) in [5.74, 6) is 2.59. The van der Waals surface area contributed by atoms with Gasteiger partial charge in [0.15, 0.2) is 0 Å². The van der Waals surface area contributed by atoms with E-state index in [1.54, 1.807) is 0 Å². The summed E-state index contributed by atoms with van der Waals surface area (Å²) in [6.07, 6.45) is 7.63. The Morgan fingerprint density at radius 1 is 1.15 bits per heavy atom. The minimum absolute atomic E-state index is 0.0216. The van der Waals surface area contributed by atoms with Crippen LogP contribution in [0.5, 0.6) is 0 Å². The van der Waals surface area contributed by atoms with Crippen LogP contribution >= 0.6 is 0 Å². The van der Waals surface area contributed by atoms with Gasteiger partial charge in [0.05, 0.1) is 0 Å². The molecular weight excluding hydrogens is 160 g/mol. The second-order valence-electron chi connectivity index (χ2n) is 5.72. The van der Waals surface area contributed by atoms with E-state index in [-0.39, 0.29) is 5.41 Å². The van der Waals surface area contributed by atoms with E-state index < -0.39 is 0 Å². The van der Waals surface area contributed by atoms with E-state index in [1.807, 2.05) is 0 Å². The van der Waals surface area contributed by atoms with Crippen LogP contribution in [0.15, 0.2) is 0 Å². The zero-order chi connectivity index (χ0) is 9.47. The highest BCUT2D eigenvalue weighted by Crippen LogP contribution is 2.49. The monoisotopic (exact) mass is 180 g/mol. The lowest BCUT2D eigenvalue weighted by Crippen LogP contribution is -2.36. The van der Waals surface area contributed by atoms with Gasteiger partial charge in [-0.2, -0.15) is 0 Å². The largest absolute Gasteiger partial charge is 0.303 e. The molecule has 2 rings (SSSR count). The Morgan fingerprint density at radius 3 is 2.15 bits per heavy atom. The molecule has 0 aliphatic heterocycles. The van der Waals surface area contributed by atoms with E-state index >= 15 is 0 Å². The summed E-state index contributed by atoms with van der Waals surface area (Å²) in [5.41, 5.74) is 0.0216. The molecule has 2 fully saturated rings. The number of rotatable bonds is 1. The van der Waals surface area contributed by atoms with Gasteiger partial charge in [-0.1, -0.05) is 13.8 Å². The average molecular weight is 180 g/mol. The maximum absolute atomic E-state index is 11.0. The van der Waals surface area contributed by atoms with Crippen LogP contribution in [-0.2, 0) is 4.79 Å². The lowest BCUT2D eigenvalue weighted by molar-refractivity contribution is -0.120. The molecule has 2 aliphatic rings. The molecule has 0 spiro atoms. The smallest absolute Gasteiger partial charge is 0.125 e. The highest BCUT2D eigenvalue weighted by Gasteiger charge is 2.40. The Kier molecular flexibility index (Phi) is 2.21. The van der Waals surface area contributed by atoms with Crippen LogP contribution in [0.4, 0.5) is 0 Å². The van der Waals surface area contributed by atoms with Crippen molar-refractivity contribution < 1.29 is 4.79 Å². The van der Waals surface area contributed by atoms with Gasteiger partial charge in [-0.05, 0) is 49.9 Å². The lowest BCUT2D eigenvalue weighted by atomic mass is 9.60. The molecule has 2 saturated carbocycles. The van der Waals surface area contributed by atoms with E-state index in [4.69, 9.17) is 0 Å². The van der Waals surface area contributed by atoms with Gasteiger partial charge in [-0.3, -0.25) is 0 Å². The van der Waals surface area contributed by atoms with E-state index in [0.717, 1.165) is 30.6 Å². The highest BCUT2D eigenvalue weighted by molar-refractivity contribution is 5.59. The Morgan fingerprint density at radius 2 is 1.69 bits per heavy atom. The summed E-state index contributed by atoms with van der Waals surface area (Å²) in [6.45, 7) is 4.51. The van der Waals surface area contributed by atoms with Crippen molar-refractivity contribution in [2.45, 2.75) is 46.0 Å². The first-order valence-corrected chi connectivity index (χ1v) is 5.57. The van der Waals surface area contributed by atoms with E-state index in [1.165, 1.54) is 25.5 Å². The first kappa shape index (κ1) is 9.23. The predicted molar refractivity (Wildman–Crippen MR) is 53.4 cm³/mol. The van der Waals surface area contributed by atoms with Crippen LogP contribution in [0.1, 0.15) is 46.0 Å². The van der Waals surface area contributed by atoms with Crippen molar-refractivity contribution in [3.63, 3.8) is 0 Å². The third-order valence-corrected chi connectivity index (χ3v) is 3.93. The molecular formula is C12H20O. The van der Waals surface area contributed by atoms with Gasteiger partial charge in [0.1, 0.15) is 6.29 Å². The number of aldehydes is 1. The second kappa shape index (κ2) is 3.11. The van der Waals surface area contributed by atoms with Crippen LogP contribution in [-0.4, -0.2) is 6.29 Å². The van der Waals surface area contributed by atoms with Crippen molar-refractivity contribution >= 4 is 6.29 Å². The van der Waals surface area contributed by atoms with Crippen molar-refractivity contribution in [2.75, 3.05) is 0 Å². The molecule has 0 aromatic carbocycles. The number of carbonyl (C=O) groups excluding carboxylic acids is 1. The van der Waals surface area contributed by atoms with Gasteiger partial charge >= 0.3 is 0 Å². The van der Waals surface area contributed by atoms with Crippen LogP contribution in [0.2, 0.25) is 0 Å². The Hall–Kier alpha value is -0.330. The van der Waals surface area contributed by atoms with E-state index in [9.17, 15) is 4.79 Å². The average Bonchev–Trinajstić information content (AvgIpc) is 2.01. The molecule has 0 radical (unpaired) electrons. The molecule has 0 amide bonds. The van der Waals surface area contributed by atoms with Crippen LogP contribution in [0, 0.1) is 23.2 Å². The summed E-state index contributed by atoms with van der Waals surface area (Å²) in [5, 5.41) is 0. The maximum Gasteiger partial charge on any atom is 0.125 e. The van der Waals surface area contributed by atoms with Crippen molar-refractivity contribution in [1.29, 1.82) is 0 Å². The minimum Gasteiger partial charge on any atom is -0.303 e. The third-order valence-electron chi connectivity index (χ3n) is 3.93. The SMILES string of the molecule is CC1CC2CC(C1)CC(C)(C=O)C2. The zero-order valence-corrected chi connectivity index (χ0v) is 8.75. The molecule has 74 valence electrons. The normalized spacial score (nSPS) is 50.2. The van der Waals surface area contributed by atoms with Crippen molar-refractivity contribution in [1.82, 2.24) is 0 Å². The quantitative estimate of drug-likeness (QED) is 0.567. The second-order valence-corrected chi connectivity index (χ2v) is 5.72. The fraction of sp³-hybridized carbons (Fsp3) is 0.917. The summed E-state index contributed by atoms with van der Waals surface area (Å²) >= 11 is 0. The third kappa shape index (κ3) is 1.79. The molecule has 2 aliphatic carbocycles. The highest BCUT2D eigenvalue weighted by atomic mass is 16.1. The molecule has 0 aromatic heterocycles. The molecule has 13 heavy (non-hydrogen) atoms. The van der Waals surface area contributed by atoms with Crippen molar-refractivity contribution in [3.05, 3.63) is 0 Å². The first-order chi connectivity index (χ1) is 6.11. The van der Waals surface area contributed by atoms with Gasteiger partial charge in [-0.15, -0.1) is 0 Å². The lowest BCUT2D eigenvalue weighted by Gasteiger charge is -2.44. The fourth-order valence-corrected chi connectivity index (χ4v) is 3.73. The number of carbonyl (C=O) groups is 1. The molecule has 2 unspecified atom stereocenters. The van der Waals surface area contributed by atoms with E-state index in [2.05, 4.69) is 13.8 Å². The molecule has 0 N–H and O–H groups in total. The molecule has 1 heteroatoms. The molecule has 2 atom stereocenters. The molecule has 0 heterocycles. The summed E-state index contributed by atoms with van der Waals surface area (Å²) in [7, 11) is 0. The van der Waals surface area contributed by atoms with Gasteiger partial charge < -0.3 is 4.79 Å². The Balaban J connectivity index is 2.09. The van der Waals surface area contributed by atoms with Gasteiger partial charge in [0.2, 0.25) is 0 Å². The topological polar surface area (TPSA) is 17.1 Å². The van der Waals surface area contributed by atoms with Crippen LogP contribution in [0.25, 0.3) is 0 Å². The van der Waals surface area contributed by atoms with Gasteiger partial charge in [0, 0.05) is 5.41 Å². The standard InChI is InChI=1S/C12H20O/c1-9-3-10-5-11(4-9)7-12(2,6-10)8-13/h8-11H,3-7H2,1-2H3. The zero-order valence-electron chi connectivity index (χ0n) is 8.75. The predicted octanol–water partition coefficient (Wildman–Crippen LogP) is 3.04. The Labute approximate surface area is 80.9 Å². The summed E-state index contributed by atoms with van der Waals surface area (Å²) < 4.78 is 0. The summed E-state index contributed by atoms with van der Waals surface area (Å²) in [6, 6.07) is 0. The van der Waals surface area contributed by atoms with Gasteiger partial charge in [0.25, 0.3) is 0 Å². The fourth-order valence-electron chi connectivity index (χ4n) is 3.73.